The summed E-state index contributed by atoms with van der Waals surface area (Å²) in [5.74, 6) is 0.534. The van der Waals surface area contributed by atoms with E-state index in [2.05, 4.69) is 23.6 Å². The molecule has 2 fully saturated rings. The quantitative estimate of drug-likeness (QED) is 0.587. The fraction of sp³-hybridized carbons (Fsp3) is 0.500. The van der Waals surface area contributed by atoms with E-state index < -0.39 is 11.6 Å². The third-order valence-electron chi connectivity index (χ3n) is 6.86. The Morgan fingerprint density at radius 2 is 1.56 bits per heavy atom. The smallest absolute Gasteiger partial charge is 0.321 e. The van der Waals surface area contributed by atoms with Crippen LogP contribution in [0.4, 0.5) is 0 Å². The molecule has 6 nitrogen and oxygen atoms in total. The summed E-state index contributed by atoms with van der Waals surface area (Å²) in [6.07, 6.45) is 0.0287. The first-order valence-electron chi connectivity index (χ1n) is 11.4. The second kappa shape index (κ2) is 9.61. The molecule has 172 valence electrons. The second-order valence-corrected chi connectivity index (χ2v) is 8.96. The van der Waals surface area contributed by atoms with E-state index in [9.17, 15) is 4.79 Å². The van der Waals surface area contributed by atoms with E-state index in [1.165, 1.54) is 0 Å². The number of rotatable bonds is 8. The van der Waals surface area contributed by atoms with E-state index in [1.54, 1.807) is 14.2 Å². The number of esters is 1. The summed E-state index contributed by atoms with van der Waals surface area (Å²) in [4.78, 5) is 18.4. The topological polar surface area (TPSA) is 51.2 Å². The highest BCUT2D eigenvalue weighted by atomic mass is 16.6. The molecule has 2 aromatic carbocycles. The molecule has 0 radical (unpaired) electrons. The van der Waals surface area contributed by atoms with Crippen molar-refractivity contribution in [3.8, 4) is 5.75 Å². The predicted molar refractivity (Wildman–Crippen MR) is 124 cm³/mol. The van der Waals surface area contributed by atoms with Crippen LogP contribution in [0.3, 0.4) is 0 Å². The Kier molecular flexibility index (Phi) is 6.84. The minimum Gasteiger partial charge on any atom is -0.497 e. The van der Waals surface area contributed by atoms with Gasteiger partial charge < -0.3 is 14.2 Å². The van der Waals surface area contributed by atoms with Crippen molar-refractivity contribution < 1.29 is 19.0 Å². The first-order chi connectivity index (χ1) is 15.5. The van der Waals surface area contributed by atoms with Crippen LogP contribution in [-0.4, -0.2) is 68.3 Å². The lowest BCUT2D eigenvalue weighted by atomic mass is 9.95. The van der Waals surface area contributed by atoms with Crippen LogP contribution in [0.25, 0.3) is 0 Å². The molecule has 1 aliphatic heterocycles. The number of methoxy groups -OCH3 is 2. The number of hydrogen-bond acceptors (Lipinski definition) is 6. The van der Waals surface area contributed by atoms with Crippen molar-refractivity contribution in [1.82, 2.24) is 9.80 Å². The summed E-state index contributed by atoms with van der Waals surface area (Å²) < 4.78 is 17.2. The molecule has 32 heavy (non-hydrogen) atoms. The van der Waals surface area contributed by atoms with Crippen LogP contribution in [0.5, 0.6) is 5.75 Å². The number of piperazine rings is 1. The molecule has 0 aromatic heterocycles. The standard InChI is InChI=1S/C26H34N2O4/c1-19(2)27-14-16-28(17-15-27)24(20-8-6-5-7-9-20)32-25(29)26(18-23(26)31-4)21-10-12-22(30-3)13-11-21/h5-13,19,23-24H,14-18H2,1-4H3/t23-,24?,26-/m0/s1. The maximum absolute atomic E-state index is 13.7. The molecule has 1 unspecified atom stereocenters. The Bertz CT molecular complexity index is 894. The van der Waals surface area contributed by atoms with Gasteiger partial charge in [-0.15, -0.1) is 0 Å². The van der Waals surface area contributed by atoms with Gasteiger partial charge in [-0.05, 0) is 38.0 Å². The zero-order valence-corrected chi connectivity index (χ0v) is 19.5. The first-order valence-corrected chi connectivity index (χ1v) is 11.4. The SMILES string of the molecule is COc1ccc([C@@]2(C(=O)OC(c3ccccc3)N3CCN(C(C)C)CC3)C[C@@H]2OC)cc1. The average Bonchev–Trinajstić information content (AvgIpc) is 3.59. The van der Waals surface area contributed by atoms with Gasteiger partial charge in [-0.2, -0.15) is 0 Å². The number of carbonyl (C=O) groups excluding carboxylic acids is 1. The Morgan fingerprint density at radius 3 is 2.09 bits per heavy atom. The lowest BCUT2D eigenvalue weighted by Gasteiger charge is -2.40. The lowest BCUT2D eigenvalue weighted by molar-refractivity contribution is -0.167. The summed E-state index contributed by atoms with van der Waals surface area (Å²) in [6, 6.07) is 18.2. The first kappa shape index (κ1) is 22.8. The lowest BCUT2D eigenvalue weighted by Crippen LogP contribution is -2.50. The molecule has 0 spiro atoms. The maximum Gasteiger partial charge on any atom is 0.321 e. The molecule has 0 amide bonds. The highest BCUT2D eigenvalue weighted by Gasteiger charge is 2.64. The van der Waals surface area contributed by atoms with Crippen molar-refractivity contribution in [1.29, 1.82) is 0 Å². The van der Waals surface area contributed by atoms with Crippen LogP contribution in [0, 0.1) is 0 Å². The number of carbonyl (C=O) groups is 1. The molecule has 1 heterocycles. The number of benzene rings is 2. The van der Waals surface area contributed by atoms with Crippen LogP contribution in [0.15, 0.2) is 54.6 Å². The van der Waals surface area contributed by atoms with Crippen LogP contribution in [-0.2, 0) is 19.7 Å². The minimum absolute atomic E-state index is 0.183. The van der Waals surface area contributed by atoms with Crippen molar-refractivity contribution in [2.45, 2.75) is 44.1 Å². The number of ether oxygens (including phenoxy) is 3. The molecular weight excluding hydrogens is 404 g/mol. The van der Waals surface area contributed by atoms with Gasteiger partial charge >= 0.3 is 5.97 Å². The van der Waals surface area contributed by atoms with Gasteiger partial charge in [0.15, 0.2) is 6.23 Å². The number of hydrogen-bond donors (Lipinski definition) is 0. The number of nitrogens with zero attached hydrogens (tertiary/aromatic N) is 2. The minimum atomic E-state index is -0.770. The third-order valence-corrected chi connectivity index (χ3v) is 6.86. The molecule has 1 saturated heterocycles. The average molecular weight is 439 g/mol. The van der Waals surface area contributed by atoms with Gasteiger partial charge in [-0.25, -0.2) is 0 Å². The summed E-state index contributed by atoms with van der Waals surface area (Å²) in [5, 5.41) is 0. The monoisotopic (exact) mass is 438 g/mol. The van der Waals surface area contributed by atoms with Crippen LogP contribution >= 0.6 is 0 Å². The van der Waals surface area contributed by atoms with E-state index in [0.29, 0.717) is 12.5 Å². The zero-order chi connectivity index (χ0) is 22.7. The summed E-state index contributed by atoms with van der Waals surface area (Å²) in [5.41, 5.74) is 1.14. The van der Waals surface area contributed by atoms with Crippen LogP contribution in [0.1, 0.15) is 37.6 Å². The molecule has 0 N–H and O–H groups in total. The summed E-state index contributed by atoms with van der Waals surface area (Å²) >= 11 is 0. The molecule has 3 atom stereocenters. The molecule has 4 rings (SSSR count). The van der Waals surface area contributed by atoms with Crippen LogP contribution < -0.4 is 4.74 Å². The van der Waals surface area contributed by atoms with E-state index in [0.717, 1.165) is 43.1 Å². The fourth-order valence-electron chi connectivity index (χ4n) is 4.71. The van der Waals surface area contributed by atoms with Crippen molar-refractivity contribution in [2.24, 2.45) is 0 Å². The Labute approximate surface area is 191 Å². The van der Waals surface area contributed by atoms with Gasteiger partial charge in [0.25, 0.3) is 0 Å². The van der Waals surface area contributed by atoms with Crippen molar-refractivity contribution >= 4 is 5.97 Å². The Hall–Kier alpha value is -2.41. The molecule has 1 aliphatic carbocycles. The second-order valence-electron chi connectivity index (χ2n) is 8.96. The summed E-state index contributed by atoms with van der Waals surface area (Å²) in [6.45, 7) is 8.08. The zero-order valence-electron chi connectivity index (χ0n) is 19.5. The van der Waals surface area contributed by atoms with Gasteiger partial charge in [0.1, 0.15) is 11.2 Å². The van der Waals surface area contributed by atoms with Crippen molar-refractivity contribution in [3.05, 3.63) is 65.7 Å². The van der Waals surface area contributed by atoms with Crippen molar-refractivity contribution in [3.63, 3.8) is 0 Å². The van der Waals surface area contributed by atoms with Crippen molar-refractivity contribution in [2.75, 3.05) is 40.4 Å². The van der Waals surface area contributed by atoms with Gasteiger partial charge in [-0.1, -0.05) is 42.5 Å². The highest BCUT2D eigenvalue weighted by Crippen LogP contribution is 2.52. The van der Waals surface area contributed by atoms with Gasteiger partial charge in [0.2, 0.25) is 0 Å². The summed E-state index contributed by atoms with van der Waals surface area (Å²) in [7, 11) is 3.29. The fourth-order valence-corrected chi connectivity index (χ4v) is 4.71. The van der Waals surface area contributed by atoms with E-state index in [4.69, 9.17) is 14.2 Å². The Morgan fingerprint density at radius 1 is 0.938 bits per heavy atom. The van der Waals surface area contributed by atoms with Gasteiger partial charge in [0.05, 0.1) is 13.2 Å². The molecule has 2 aromatic rings. The normalized spacial score (nSPS) is 24.8. The third kappa shape index (κ3) is 4.40. The molecule has 0 bridgehead atoms. The van der Waals surface area contributed by atoms with Crippen LogP contribution in [0.2, 0.25) is 0 Å². The molecule has 2 aliphatic rings. The van der Waals surface area contributed by atoms with E-state index in [-0.39, 0.29) is 12.1 Å². The highest BCUT2D eigenvalue weighted by molar-refractivity contribution is 5.88. The predicted octanol–water partition coefficient (Wildman–Crippen LogP) is 3.62. The van der Waals surface area contributed by atoms with Gasteiger partial charge in [-0.3, -0.25) is 14.6 Å². The van der Waals surface area contributed by atoms with E-state index >= 15 is 0 Å². The molecule has 6 heteroatoms. The Balaban J connectivity index is 1.57. The molecule has 1 saturated carbocycles. The maximum atomic E-state index is 13.7. The van der Waals surface area contributed by atoms with E-state index in [1.807, 2.05) is 54.6 Å². The largest absolute Gasteiger partial charge is 0.497 e. The van der Waals surface area contributed by atoms with Gasteiger partial charge in [0, 0.05) is 44.9 Å². The molecular formula is C26H34N2O4.